The van der Waals surface area contributed by atoms with Gasteiger partial charge in [0.25, 0.3) is 5.91 Å². The molecule has 0 bridgehead atoms. The first-order valence-electron chi connectivity index (χ1n) is 5.30. The highest BCUT2D eigenvalue weighted by Gasteiger charge is 2.20. The minimum Gasteiger partial charge on any atom is -0.336 e. The standard InChI is InChI=1S/C14H13NOS/c1-4-14(2,3)15-13(16)11-9-17-12-8-6-5-7-10(11)12/h1,5-9H,2-3H3,(H,15,16). The average Bonchev–Trinajstić information content (AvgIpc) is 2.72. The van der Waals surface area contributed by atoms with Crippen molar-refractivity contribution in [1.29, 1.82) is 0 Å². The number of terminal acetylenes is 1. The van der Waals surface area contributed by atoms with Crippen molar-refractivity contribution in [2.24, 2.45) is 0 Å². The second kappa shape index (κ2) is 4.23. The van der Waals surface area contributed by atoms with Gasteiger partial charge in [0.15, 0.2) is 0 Å². The molecule has 0 atom stereocenters. The fourth-order valence-electron chi connectivity index (χ4n) is 1.54. The summed E-state index contributed by atoms with van der Waals surface area (Å²) in [4.78, 5) is 12.1. The number of rotatable bonds is 2. The Morgan fingerprint density at radius 3 is 2.82 bits per heavy atom. The first-order chi connectivity index (χ1) is 8.03. The molecule has 1 heterocycles. The van der Waals surface area contributed by atoms with Crippen LogP contribution in [0.25, 0.3) is 10.1 Å². The van der Waals surface area contributed by atoms with Crippen molar-refractivity contribution in [1.82, 2.24) is 5.32 Å². The molecule has 2 nitrogen and oxygen atoms in total. The summed E-state index contributed by atoms with van der Waals surface area (Å²) in [7, 11) is 0. The van der Waals surface area contributed by atoms with Crippen LogP contribution in [0.15, 0.2) is 29.6 Å². The average molecular weight is 243 g/mol. The number of nitrogens with one attached hydrogen (secondary N) is 1. The number of fused-ring (bicyclic) bond motifs is 1. The van der Waals surface area contributed by atoms with Gasteiger partial charge in [-0.05, 0) is 19.9 Å². The summed E-state index contributed by atoms with van der Waals surface area (Å²) < 4.78 is 1.11. The van der Waals surface area contributed by atoms with Crippen LogP contribution < -0.4 is 5.32 Å². The van der Waals surface area contributed by atoms with E-state index >= 15 is 0 Å². The third-order valence-corrected chi connectivity index (χ3v) is 3.48. The van der Waals surface area contributed by atoms with Gasteiger partial charge in [-0.1, -0.05) is 24.1 Å². The monoisotopic (exact) mass is 243 g/mol. The fraction of sp³-hybridized carbons (Fsp3) is 0.214. The van der Waals surface area contributed by atoms with Gasteiger partial charge in [-0.3, -0.25) is 4.79 Å². The highest BCUT2D eigenvalue weighted by atomic mass is 32.1. The Hall–Kier alpha value is -1.79. The van der Waals surface area contributed by atoms with E-state index in [1.165, 1.54) is 0 Å². The molecule has 1 aromatic carbocycles. The van der Waals surface area contributed by atoms with Crippen LogP contribution in [-0.4, -0.2) is 11.4 Å². The smallest absolute Gasteiger partial charge is 0.253 e. The minimum absolute atomic E-state index is 0.120. The molecule has 2 rings (SSSR count). The van der Waals surface area contributed by atoms with Crippen molar-refractivity contribution in [2.45, 2.75) is 19.4 Å². The topological polar surface area (TPSA) is 29.1 Å². The maximum atomic E-state index is 12.1. The van der Waals surface area contributed by atoms with E-state index in [9.17, 15) is 4.79 Å². The Bertz CT molecular complexity index is 604. The summed E-state index contributed by atoms with van der Waals surface area (Å²) in [6, 6.07) is 7.84. The van der Waals surface area contributed by atoms with Gasteiger partial charge >= 0.3 is 0 Å². The molecule has 3 heteroatoms. The van der Waals surface area contributed by atoms with Crippen molar-refractivity contribution < 1.29 is 4.79 Å². The second-order valence-electron chi connectivity index (χ2n) is 4.37. The lowest BCUT2D eigenvalue weighted by Crippen LogP contribution is -2.41. The molecule has 0 radical (unpaired) electrons. The van der Waals surface area contributed by atoms with Crippen molar-refractivity contribution in [2.75, 3.05) is 0 Å². The first-order valence-corrected chi connectivity index (χ1v) is 6.18. The highest BCUT2D eigenvalue weighted by molar-refractivity contribution is 7.17. The van der Waals surface area contributed by atoms with Gasteiger partial charge in [-0.25, -0.2) is 0 Å². The maximum absolute atomic E-state index is 12.1. The van der Waals surface area contributed by atoms with Gasteiger partial charge in [0.1, 0.15) is 0 Å². The summed E-state index contributed by atoms with van der Waals surface area (Å²) in [6.45, 7) is 3.61. The molecule has 1 amide bonds. The van der Waals surface area contributed by atoms with Crippen LogP contribution in [0.4, 0.5) is 0 Å². The van der Waals surface area contributed by atoms with Crippen molar-refractivity contribution in [3.63, 3.8) is 0 Å². The first kappa shape index (κ1) is 11.7. The summed E-state index contributed by atoms with van der Waals surface area (Å²) in [6.07, 6.45) is 5.36. The number of benzene rings is 1. The minimum atomic E-state index is -0.625. The molecular formula is C14H13NOS. The Balaban J connectivity index is 2.35. The zero-order valence-corrected chi connectivity index (χ0v) is 10.6. The van der Waals surface area contributed by atoms with E-state index in [4.69, 9.17) is 6.42 Å². The Morgan fingerprint density at radius 2 is 2.12 bits per heavy atom. The van der Waals surface area contributed by atoms with E-state index in [0.29, 0.717) is 5.56 Å². The van der Waals surface area contributed by atoms with Gasteiger partial charge in [0.2, 0.25) is 0 Å². The molecule has 1 aromatic heterocycles. The lowest BCUT2D eigenvalue weighted by Gasteiger charge is -2.19. The summed E-state index contributed by atoms with van der Waals surface area (Å²) in [5.41, 5.74) is 0.0639. The van der Waals surface area contributed by atoms with Gasteiger partial charge in [0.05, 0.1) is 11.1 Å². The fourth-order valence-corrected chi connectivity index (χ4v) is 2.48. The lowest BCUT2D eigenvalue weighted by molar-refractivity contribution is 0.0932. The zero-order chi connectivity index (χ0) is 12.5. The van der Waals surface area contributed by atoms with Gasteiger partial charge in [0, 0.05) is 15.5 Å². The van der Waals surface area contributed by atoms with E-state index in [1.807, 2.05) is 29.6 Å². The van der Waals surface area contributed by atoms with Crippen LogP contribution in [-0.2, 0) is 0 Å². The van der Waals surface area contributed by atoms with Gasteiger partial charge < -0.3 is 5.32 Å². The number of carbonyl (C=O) groups is 1. The SMILES string of the molecule is C#CC(C)(C)NC(=O)c1csc2ccccc12. The molecule has 17 heavy (non-hydrogen) atoms. The molecule has 0 aliphatic rings. The number of amides is 1. The molecule has 0 unspecified atom stereocenters. The Morgan fingerprint density at radius 1 is 1.41 bits per heavy atom. The van der Waals surface area contributed by atoms with Crippen LogP contribution in [0.3, 0.4) is 0 Å². The van der Waals surface area contributed by atoms with Gasteiger partial charge in [-0.15, -0.1) is 17.8 Å². The third-order valence-electron chi connectivity index (χ3n) is 2.51. The molecule has 86 valence electrons. The molecule has 0 aliphatic carbocycles. The summed E-state index contributed by atoms with van der Waals surface area (Å²) in [5.74, 6) is 2.43. The van der Waals surface area contributed by atoms with E-state index in [2.05, 4.69) is 11.2 Å². The molecular weight excluding hydrogens is 230 g/mol. The zero-order valence-electron chi connectivity index (χ0n) is 9.78. The Labute approximate surface area is 105 Å². The van der Waals surface area contributed by atoms with Crippen LogP contribution in [0.2, 0.25) is 0 Å². The molecule has 0 fully saturated rings. The quantitative estimate of drug-likeness (QED) is 0.807. The van der Waals surface area contributed by atoms with E-state index in [0.717, 1.165) is 10.1 Å². The number of hydrogen-bond acceptors (Lipinski definition) is 2. The second-order valence-corrected chi connectivity index (χ2v) is 5.28. The predicted molar refractivity (Wildman–Crippen MR) is 72.2 cm³/mol. The molecule has 1 N–H and O–H groups in total. The largest absolute Gasteiger partial charge is 0.336 e. The van der Waals surface area contributed by atoms with Crippen LogP contribution in [0.1, 0.15) is 24.2 Å². The van der Waals surface area contributed by atoms with E-state index in [-0.39, 0.29) is 5.91 Å². The highest BCUT2D eigenvalue weighted by Crippen LogP contribution is 2.25. The third kappa shape index (κ3) is 2.32. The van der Waals surface area contributed by atoms with Crippen molar-refractivity contribution in [3.8, 4) is 12.3 Å². The molecule has 0 saturated heterocycles. The number of thiophene rings is 1. The molecule has 0 aliphatic heterocycles. The van der Waals surface area contributed by atoms with Crippen molar-refractivity contribution >= 4 is 27.3 Å². The van der Waals surface area contributed by atoms with Gasteiger partial charge in [-0.2, -0.15) is 0 Å². The molecule has 2 aromatic rings. The molecule has 0 spiro atoms. The summed E-state index contributed by atoms with van der Waals surface area (Å²) in [5, 5.41) is 5.67. The number of carbonyl (C=O) groups excluding carboxylic acids is 1. The maximum Gasteiger partial charge on any atom is 0.253 e. The van der Waals surface area contributed by atoms with Crippen LogP contribution in [0, 0.1) is 12.3 Å². The number of hydrogen-bond donors (Lipinski definition) is 1. The summed E-state index contributed by atoms with van der Waals surface area (Å²) >= 11 is 1.56. The van der Waals surface area contributed by atoms with Crippen LogP contribution >= 0.6 is 11.3 Å². The normalized spacial score (nSPS) is 11.1. The van der Waals surface area contributed by atoms with Crippen molar-refractivity contribution in [3.05, 3.63) is 35.2 Å². The predicted octanol–water partition coefficient (Wildman–Crippen LogP) is 3.04. The van der Waals surface area contributed by atoms with E-state index < -0.39 is 5.54 Å². The van der Waals surface area contributed by atoms with Crippen LogP contribution in [0.5, 0.6) is 0 Å². The Kier molecular flexibility index (Phi) is 2.91. The molecule has 0 saturated carbocycles. The lowest BCUT2D eigenvalue weighted by atomic mass is 10.1. The van der Waals surface area contributed by atoms with E-state index in [1.54, 1.807) is 25.2 Å².